The number of nitrogens with one attached hydrogen (secondary N) is 2. The Morgan fingerprint density at radius 1 is 1.29 bits per heavy atom. The van der Waals surface area contributed by atoms with Crippen LogP contribution in [0.3, 0.4) is 0 Å². The Labute approximate surface area is 129 Å². The summed E-state index contributed by atoms with van der Waals surface area (Å²) < 4.78 is 0. The minimum absolute atomic E-state index is 0.0892. The van der Waals surface area contributed by atoms with Crippen LogP contribution < -0.4 is 10.6 Å². The summed E-state index contributed by atoms with van der Waals surface area (Å²) in [6.07, 6.45) is 1.83. The molecule has 0 aliphatic heterocycles. The van der Waals surface area contributed by atoms with Crippen molar-refractivity contribution in [1.29, 1.82) is 0 Å². The van der Waals surface area contributed by atoms with Crippen molar-refractivity contribution in [2.45, 2.75) is 12.8 Å². The van der Waals surface area contributed by atoms with E-state index in [0.717, 1.165) is 19.4 Å². The quantitative estimate of drug-likeness (QED) is 0.676. The normalized spacial score (nSPS) is 10.5. The molecule has 1 aromatic rings. The van der Waals surface area contributed by atoms with Gasteiger partial charge in [-0.05, 0) is 45.6 Å². The van der Waals surface area contributed by atoms with E-state index in [9.17, 15) is 9.59 Å². The van der Waals surface area contributed by atoms with Gasteiger partial charge >= 0.3 is 12.0 Å². The number of carboxylic acids is 1. The van der Waals surface area contributed by atoms with Crippen LogP contribution in [0, 0.1) is 0 Å². The third-order valence-corrected chi connectivity index (χ3v) is 3.11. The van der Waals surface area contributed by atoms with Gasteiger partial charge < -0.3 is 20.6 Å². The first-order chi connectivity index (χ1) is 9.91. The molecule has 0 radical (unpaired) electrons. The summed E-state index contributed by atoms with van der Waals surface area (Å²) in [5, 5.41) is 14.4. The van der Waals surface area contributed by atoms with Gasteiger partial charge in [-0.25, -0.2) is 9.59 Å². The summed E-state index contributed by atoms with van der Waals surface area (Å²) in [6.45, 7) is 1.49. The van der Waals surface area contributed by atoms with Crippen LogP contribution in [0.2, 0.25) is 5.02 Å². The fraction of sp³-hybridized carbons (Fsp3) is 0.429. The number of hydrogen-bond donors (Lipinski definition) is 3. The first kappa shape index (κ1) is 17.3. The zero-order valence-corrected chi connectivity index (χ0v) is 12.9. The number of halogens is 1. The van der Waals surface area contributed by atoms with Gasteiger partial charge in [0.05, 0.1) is 10.7 Å². The number of aromatic carboxylic acids is 1. The standard InChI is InChI=1S/C14H20ClN3O3/c1-18(2)9-4-3-8-16-14(21)17-11-7-5-6-10(15)12(11)13(19)20/h5-7H,3-4,8-9H2,1-2H3,(H,19,20)(H2,16,17,21). The highest BCUT2D eigenvalue weighted by molar-refractivity contribution is 6.34. The van der Waals surface area contributed by atoms with Crippen LogP contribution in [0.5, 0.6) is 0 Å². The van der Waals surface area contributed by atoms with Gasteiger partial charge in [-0.2, -0.15) is 0 Å². The van der Waals surface area contributed by atoms with Gasteiger partial charge in [0.2, 0.25) is 0 Å². The number of hydrogen-bond acceptors (Lipinski definition) is 3. The molecule has 0 spiro atoms. The molecule has 0 aliphatic carbocycles. The molecule has 0 unspecified atom stereocenters. The number of rotatable bonds is 7. The first-order valence-electron chi connectivity index (χ1n) is 6.63. The van der Waals surface area contributed by atoms with Gasteiger partial charge in [-0.1, -0.05) is 17.7 Å². The van der Waals surface area contributed by atoms with Crippen molar-refractivity contribution >= 4 is 29.3 Å². The van der Waals surface area contributed by atoms with Gasteiger partial charge in [0.25, 0.3) is 0 Å². The fourth-order valence-corrected chi connectivity index (χ4v) is 2.02. The SMILES string of the molecule is CN(C)CCCCNC(=O)Nc1cccc(Cl)c1C(=O)O. The van der Waals surface area contributed by atoms with Gasteiger partial charge in [0.15, 0.2) is 0 Å². The fourth-order valence-electron chi connectivity index (χ4n) is 1.77. The maximum atomic E-state index is 11.7. The zero-order chi connectivity index (χ0) is 15.8. The molecule has 0 saturated carbocycles. The van der Waals surface area contributed by atoms with Gasteiger partial charge in [0.1, 0.15) is 5.56 Å². The van der Waals surface area contributed by atoms with Crippen LogP contribution in [-0.2, 0) is 0 Å². The predicted molar refractivity (Wildman–Crippen MR) is 83.2 cm³/mol. The molecule has 2 amide bonds. The van der Waals surface area contributed by atoms with Crippen LogP contribution in [0.25, 0.3) is 0 Å². The van der Waals surface area contributed by atoms with Crippen molar-refractivity contribution in [3.8, 4) is 0 Å². The van der Waals surface area contributed by atoms with Crippen LogP contribution >= 0.6 is 11.6 Å². The Balaban J connectivity index is 2.48. The average molecular weight is 314 g/mol. The number of carbonyl (C=O) groups is 2. The Kier molecular flexibility index (Phi) is 6.98. The maximum absolute atomic E-state index is 11.7. The molecule has 7 heteroatoms. The number of urea groups is 1. The highest BCUT2D eigenvalue weighted by atomic mass is 35.5. The monoisotopic (exact) mass is 313 g/mol. The lowest BCUT2D eigenvalue weighted by molar-refractivity contribution is 0.0698. The summed E-state index contributed by atoms with van der Waals surface area (Å²) in [4.78, 5) is 24.9. The molecule has 1 rings (SSSR count). The van der Waals surface area contributed by atoms with E-state index in [1.54, 1.807) is 6.07 Å². The highest BCUT2D eigenvalue weighted by Gasteiger charge is 2.15. The molecule has 0 fully saturated rings. The largest absolute Gasteiger partial charge is 0.478 e. The van der Waals surface area contributed by atoms with E-state index >= 15 is 0 Å². The summed E-state index contributed by atoms with van der Waals surface area (Å²) in [7, 11) is 3.99. The lowest BCUT2D eigenvalue weighted by Crippen LogP contribution is -2.30. The van der Waals surface area contributed by atoms with Crippen molar-refractivity contribution in [2.24, 2.45) is 0 Å². The van der Waals surface area contributed by atoms with Crippen molar-refractivity contribution in [3.05, 3.63) is 28.8 Å². The van der Waals surface area contributed by atoms with Crippen LogP contribution in [0.4, 0.5) is 10.5 Å². The third kappa shape index (κ3) is 6.01. The Morgan fingerprint density at radius 3 is 2.62 bits per heavy atom. The molecule has 0 heterocycles. The lowest BCUT2D eigenvalue weighted by atomic mass is 10.2. The van der Waals surface area contributed by atoms with Crippen LogP contribution in [0.15, 0.2) is 18.2 Å². The molecule has 116 valence electrons. The molecular weight excluding hydrogens is 294 g/mol. The molecule has 3 N–H and O–H groups in total. The summed E-state index contributed by atoms with van der Waals surface area (Å²) in [5.41, 5.74) is 0.0720. The average Bonchev–Trinajstić information content (AvgIpc) is 2.37. The van der Waals surface area contributed by atoms with Crippen molar-refractivity contribution in [2.75, 3.05) is 32.5 Å². The Morgan fingerprint density at radius 2 is 2.00 bits per heavy atom. The molecular formula is C14H20ClN3O3. The smallest absolute Gasteiger partial charge is 0.339 e. The Bertz CT molecular complexity index is 506. The highest BCUT2D eigenvalue weighted by Crippen LogP contribution is 2.24. The van der Waals surface area contributed by atoms with E-state index in [0.29, 0.717) is 6.54 Å². The van der Waals surface area contributed by atoms with Crippen LogP contribution in [-0.4, -0.2) is 49.2 Å². The van der Waals surface area contributed by atoms with Crippen LogP contribution in [0.1, 0.15) is 23.2 Å². The molecule has 0 bridgehead atoms. The topological polar surface area (TPSA) is 81.7 Å². The van der Waals surface area contributed by atoms with Gasteiger partial charge in [0, 0.05) is 6.54 Å². The number of benzene rings is 1. The van der Waals surface area contributed by atoms with Gasteiger partial charge in [-0.3, -0.25) is 0 Å². The van der Waals surface area contributed by atoms with E-state index in [2.05, 4.69) is 15.5 Å². The number of anilines is 1. The molecule has 21 heavy (non-hydrogen) atoms. The second-order valence-electron chi connectivity index (χ2n) is 4.86. The van der Waals surface area contributed by atoms with Crippen molar-refractivity contribution < 1.29 is 14.7 Å². The molecule has 0 atom stereocenters. The number of unbranched alkanes of at least 4 members (excludes halogenated alkanes) is 1. The Hall–Kier alpha value is -1.79. The number of carbonyl (C=O) groups excluding carboxylic acids is 1. The molecule has 6 nitrogen and oxygen atoms in total. The zero-order valence-electron chi connectivity index (χ0n) is 12.1. The van der Waals surface area contributed by atoms with E-state index < -0.39 is 12.0 Å². The third-order valence-electron chi connectivity index (χ3n) is 2.79. The molecule has 1 aromatic carbocycles. The summed E-state index contributed by atoms with van der Waals surface area (Å²) in [5.74, 6) is -1.18. The molecule has 0 aromatic heterocycles. The number of carboxylic acid groups (broad SMARTS) is 1. The predicted octanol–water partition coefficient (Wildman–Crippen LogP) is 2.50. The van der Waals surface area contributed by atoms with Crippen molar-refractivity contribution in [3.63, 3.8) is 0 Å². The summed E-state index contributed by atoms with van der Waals surface area (Å²) >= 11 is 5.83. The van der Waals surface area contributed by atoms with Crippen molar-refractivity contribution in [1.82, 2.24) is 10.2 Å². The minimum Gasteiger partial charge on any atom is -0.478 e. The second-order valence-corrected chi connectivity index (χ2v) is 5.27. The second kappa shape index (κ2) is 8.49. The first-order valence-corrected chi connectivity index (χ1v) is 7.01. The van der Waals surface area contributed by atoms with E-state index in [1.807, 2.05) is 14.1 Å². The maximum Gasteiger partial charge on any atom is 0.339 e. The lowest BCUT2D eigenvalue weighted by Gasteiger charge is -2.12. The van der Waals surface area contributed by atoms with E-state index in [1.165, 1.54) is 12.1 Å². The van der Waals surface area contributed by atoms with Gasteiger partial charge in [-0.15, -0.1) is 0 Å². The molecule has 0 aliphatic rings. The minimum atomic E-state index is -1.18. The molecule has 0 saturated heterocycles. The van der Waals surface area contributed by atoms with E-state index in [-0.39, 0.29) is 16.3 Å². The van der Waals surface area contributed by atoms with E-state index in [4.69, 9.17) is 16.7 Å². The number of amides is 2. The number of nitrogens with zero attached hydrogens (tertiary/aromatic N) is 1. The summed E-state index contributed by atoms with van der Waals surface area (Å²) in [6, 6.07) is 4.11.